The van der Waals surface area contributed by atoms with Crippen molar-refractivity contribution in [1.82, 2.24) is 0 Å². The maximum Gasteiger partial charge on any atom is 0.133 e. The Morgan fingerprint density at radius 1 is 1.11 bits per heavy atom. The van der Waals surface area contributed by atoms with Crippen molar-refractivity contribution in [2.24, 2.45) is 0 Å². The number of methoxy groups -OCH3 is 1. The van der Waals surface area contributed by atoms with Crippen LogP contribution in [0.5, 0.6) is 5.75 Å². The molecule has 0 saturated carbocycles. The molecule has 0 N–H and O–H groups in total. The second-order valence-corrected chi connectivity index (χ2v) is 5.17. The molecule has 19 heavy (non-hydrogen) atoms. The number of hydrogen-bond donors (Lipinski definition) is 0. The summed E-state index contributed by atoms with van der Waals surface area (Å²) in [5.41, 5.74) is 2.51. The van der Waals surface area contributed by atoms with Crippen molar-refractivity contribution in [3.63, 3.8) is 0 Å². The SMILES string of the molecule is CCN(Cc1ccc(OC)c(Br)c1)c1ccccc1. The van der Waals surface area contributed by atoms with E-state index in [1.165, 1.54) is 11.3 Å². The Labute approximate surface area is 123 Å². The lowest BCUT2D eigenvalue weighted by Crippen LogP contribution is -2.21. The van der Waals surface area contributed by atoms with Gasteiger partial charge in [-0.1, -0.05) is 24.3 Å². The van der Waals surface area contributed by atoms with Gasteiger partial charge < -0.3 is 9.64 Å². The normalized spacial score (nSPS) is 10.3. The van der Waals surface area contributed by atoms with Gasteiger partial charge in [0.2, 0.25) is 0 Å². The monoisotopic (exact) mass is 319 g/mol. The molecule has 2 nitrogen and oxygen atoms in total. The van der Waals surface area contributed by atoms with Gasteiger partial charge in [0, 0.05) is 18.8 Å². The molecular weight excluding hydrogens is 302 g/mol. The Morgan fingerprint density at radius 3 is 2.42 bits per heavy atom. The van der Waals surface area contributed by atoms with E-state index in [9.17, 15) is 0 Å². The maximum absolute atomic E-state index is 5.26. The minimum absolute atomic E-state index is 0.867. The number of benzene rings is 2. The molecule has 0 fully saturated rings. The van der Waals surface area contributed by atoms with E-state index in [2.05, 4.69) is 64.2 Å². The fourth-order valence-electron chi connectivity index (χ4n) is 2.05. The molecule has 0 heterocycles. The Balaban J connectivity index is 2.17. The summed E-state index contributed by atoms with van der Waals surface area (Å²) < 4.78 is 6.25. The zero-order valence-electron chi connectivity index (χ0n) is 11.3. The zero-order valence-corrected chi connectivity index (χ0v) is 12.9. The predicted molar refractivity (Wildman–Crippen MR) is 83.9 cm³/mol. The average Bonchev–Trinajstić information content (AvgIpc) is 2.46. The van der Waals surface area contributed by atoms with Crippen LogP contribution in [0, 0.1) is 0 Å². The van der Waals surface area contributed by atoms with Crippen LogP contribution in [-0.2, 0) is 6.54 Å². The van der Waals surface area contributed by atoms with Crippen molar-refractivity contribution in [3.05, 3.63) is 58.6 Å². The van der Waals surface area contributed by atoms with Crippen molar-refractivity contribution >= 4 is 21.6 Å². The summed E-state index contributed by atoms with van der Waals surface area (Å²) in [6.07, 6.45) is 0. The first-order valence-electron chi connectivity index (χ1n) is 6.37. The molecule has 100 valence electrons. The Morgan fingerprint density at radius 2 is 1.84 bits per heavy atom. The highest BCUT2D eigenvalue weighted by Gasteiger charge is 2.07. The predicted octanol–water partition coefficient (Wildman–Crippen LogP) is 4.48. The van der Waals surface area contributed by atoms with Gasteiger partial charge >= 0.3 is 0 Å². The fourth-order valence-corrected chi connectivity index (χ4v) is 2.64. The molecule has 0 aromatic heterocycles. The number of nitrogens with zero attached hydrogens (tertiary/aromatic N) is 1. The quantitative estimate of drug-likeness (QED) is 0.805. The standard InChI is InChI=1S/C16H18BrNO/c1-3-18(14-7-5-4-6-8-14)12-13-9-10-16(19-2)15(17)11-13/h4-11H,3,12H2,1-2H3. The van der Waals surface area contributed by atoms with Crippen LogP contribution in [0.1, 0.15) is 12.5 Å². The molecule has 0 aliphatic heterocycles. The Bertz CT molecular complexity index is 528. The topological polar surface area (TPSA) is 12.5 Å². The summed E-state index contributed by atoms with van der Waals surface area (Å²) in [5.74, 6) is 0.867. The van der Waals surface area contributed by atoms with Gasteiger partial charge in [-0.3, -0.25) is 0 Å². The molecule has 0 amide bonds. The van der Waals surface area contributed by atoms with Crippen molar-refractivity contribution in [1.29, 1.82) is 0 Å². The van der Waals surface area contributed by atoms with Crippen LogP contribution in [0.15, 0.2) is 53.0 Å². The first-order chi connectivity index (χ1) is 9.24. The maximum atomic E-state index is 5.26. The second kappa shape index (κ2) is 6.62. The first kappa shape index (κ1) is 13.9. The summed E-state index contributed by atoms with van der Waals surface area (Å²) in [6.45, 7) is 4.04. The number of hydrogen-bond acceptors (Lipinski definition) is 2. The van der Waals surface area contributed by atoms with Crippen molar-refractivity contribution in [2.75, 3.05) is 18.6 Å². The fraction of sp³-hybridized carbons (Fsp3) is 0.250. The van der Waals surface area contributed by atoms with Gasteiger partial charge in [-0.05, 0) is 52.7 Å². The van der Waals surface area contributed by atoms with Crippen molar-refractivity contribution < 1.29 is 4.74 Å². The molecule has 2 rings (SSSR count). The molecule has 0 aliphatic rings. The molecule has 0 radical (unpaired) electrons. The van der Waals surface area contributed by atoms with Crippen LogP contribution in [0.25, 0.3) is 0 Å². The minimum atomic E-state index is 0.867. The number of halogens is 1. The largest absolute Gasteiger partial charge is 0.496 e. The molecule has 0 aliphatic carbocycles. The van der Waals surface area contributed by atoms with Crippen molar-refractivity contribution in [2.45, 2.75) is 13.5 Å². The van der Waals surface area contributed by atoms with Gasteiger partial charge in [-0.15, -0.1) is 0 Å². The Hall–Kier alpha value is -1.48. The zero-order chi connectivity index (χ0) is 13.7. The van der Waals surface area contributed by atoms with E-state index in [0.29, 0.717) is 0 Å². The number of para-hydroxylation sites is 1. The molecule has 2 aromatic carbocycles. The van der Waals surface area contributed by atoms with Crippen LogP contribution in [0.4, 0.5) is 5.69 Å². The lowest BCUT2D eigenvalue weighted by atomic mass is 10.2. The van der Waals surface area contributed by atoms with E-state index in [-0.39, 0.29) is 0 Å². The third-order valence-corrected chi connectivity index (χ3v) is 3.71. The summed E-state index contributed by atoms with van der Waals surface area (Å²) in [5, 5.41) is 0. The summed E-state index contributed by atoms with van der Waals surface area (Å²) in [7, 11) is 1.68. The second-order valence-electron chi connectivity index (χ2n) is 4.32. The van der Waals surface area contributed by atoms with Gasteiger partial charge in [-0.2, -0.15) is 0 Å². The third kappa shape index (κ3) is 3.51. The smallest absolute Gasteiger partial charge is 0.133 e. The lowest BCUT2D eigenvalue weighted by Gasteiger charge is -2.23. The summed E-state index contributed by atoms with van der Waals surface area (Å²) in [4.78, 5) is 2.34. The molecule has 3 heteroatoms. The minimum Gasteiger partial charge on any atom is -0.496 e. The first-order valence-corrected chi connectivity index (χ1v) is 7.16. The van der Waals surface area contributed by atoms with Gasteiger partial charge in [0.15, 0.2) is 0 Å². The summed E-state index contributed by atoms with van der Waals surface area (Å²) >= 11 is 3.53. The lowest BCUT2D eigenvalue weighted by molar-refractivity contribution is 0.412. The van der Waals surface area contributed by atoms with E-state index in [4.69, 9.17) is 4.74 Å². The molecule has 0 spiro atoms. The van der Waals surface area contributed by atoms with Gasteiger partial charge in [0.05, 0.1) is 11.6 Å². The van der Waals surface area contributed by atoms with E-state index in [1.54, 1.807) is 7.11 Å². The molecule has 2 aromatic rings. The number of ether oxygens (including phenoxy) is 1. The van der Waals surface area contributed by atoms with E-state index in [0.717, 1.165) is 23.3 Å². The number of rotatable bonds is 5. The third-order valence-electron chi connectivity index (χ3n) is 3.09. The van der Waals surface area contributed by atoms with Gasteiger partial charge in [0.1, 0.15) is 5.75 Å². The highest BCUT2D eigenvalue weighted by atomic mass is 79.9. The van der Waals surface area contributed by atoms with Gasteiger partial charge in [0.25, 0.3) is 0 Å². The summed E-state index contributed by atoms with van der Waals surface area (Å²) in [6, 6.07) is 16.7. The number of anilines is 1. The van der Waals surface area contributed by atoms with Crippen LogP contribution in [0.3, 0.4) is 0 Å². The van der Waals surface area contributed by atoms with Gasteiger partial charge in [-0.25, -0.2) is 0 Å². The van der Waals surface area contributed by atoms with Crippen LogP contribution < -0.4 is 9.64 Å². The Kier molecular flexibility index (Phi) is 4.86. The van der Waals surface area contributed by atoms with E-state index < -0.39 is 0 Å². The highest BCUT2D eigenvalue weighted by molar-refractivity contribution is 9.10. The highest BCUT2D eigenvalue weighted by Crippen LogP contribution is 2.26. The van der Waals surface area contributed by atoms with Crippen LogP contribution in [0.2, 0.25) is 0 Å². The van der Waals surface area contributed by atoms with E-state index >= 15 is 0 Å². The van der Waals surface area contributed by atoms with Crippen LogP contribution >= 0.6 is 15.9 Å². The van der Waals surface area contributed by atoms with Crippen molar-refractivity contribution in [3.8, 4) is 5.75 Å². The molecule has 0 saturated heterocycles. The average molecular weight is 320 g/mol. The molecule has 0 atom stereocenters. The van der Waals surface area contributed by atoms with E-state index in [1.807, 2.05) is 12.1 Å². The molecule has 0 bridgehead atoms. The van der Waals surface area contributed by atoms with Crippen LogP contribution in [-0.4, -0.2) is 13.7 Å². The molecular formula is C16H18BrNO. The molecule has 0 unspecified atom stereocenters.